The van der Waals surface area contributed by atoms with Crippen molar-refractivity contribution in [2.24, 2.45) is 0 Å². The van der Waals surface area contributed by atoms with Crippen LogP contribution in [0.4, 0.5) is 0 Å². The zero-order valence-electron chi connectivity index (χ0n) is 13.5. The van der Waals surface area contributed by atoms with E-state index in [9.17, 15) is 5.11 Å². The van der Waals surface area contributed by atoms with Crippen LogP contribution in [-0.2, 0) is 0 Å². The van der Waals surface area contributed by atoms with Crippen molar-refractivity contribution in [2.75, 3.05) is 26.4 Å². The van der Waals surface area contributed by atoms with Gasteiger partial charge in [0, 0.05) is 12.0 Å². The van der Waals surface area contributed by atoms with E-state index in [1.807, 2.05) is 31.2 Å². The van der Waals surface area contributed by atoms with E-state index in [1.165, 1.54) is 0 Å². The van der Waals surface area contributed by atoms with Gasteiger partial charge in [0.15, 0.2) is 0 Å². The van der Waals surface area contributed by atoms with Crippen molar-refractivity contribution in [3.05, 3.63) is 24.3 Å². The fourth-order valence-electron chi connectivity index (χ4n) is 1.90. The van der Waals surface area contributed by atoms with E-state index in [4.69, 9.17) is 9.47 Å². The fraction of sp³-hybridized carbons (Fsp3) is 0.647. The van der Waals surface area contributed by atoms with Crippen molar-refractivity contribution in [1.29, 1.82) is 0 Å². The predicted octanol–water partition coefficient (Wildman–Crippen LogP) is 2.99. The number of aliphatic hydroxyl groups excluding tert-OH is 1. The monoisotopic (exact) mass is 295 g/mol. The summed E-state index contributed by atoms with van der Waals surface area (Å²) < 4.78 is 11.3. The van der Waals surface area contributed by atoms with Gasteiger partial charge in [0.25, 0.3) is 0 Å². The standard InChI is InChI=1S/C17H29NO3/c1-4-11-18-17(3,14-19)10-13-21-16-8-6-15(7-9-16)20-12-5-2/h6-9,18-19H,4-5,10-14H2,1-3H3. The van der Waals surface area contributed by atoms with Gasteiger partial charge in [-0.25, -0.2) is 0 Å². The third-order valence-corrected chi connectivity index (χ3v) is 3.37. The molecule has 4 nitrogen and oxygen atoms in total. The summed E-state index contributed by atoms with van der Waals surface area (Å²) in [6, 6.07) is 7.68. The number of aliphatic hydroxyl groups is 1. The molecule has 0 aliphatic carbocycles. The van der Waals surface area contributed by atoms with Gasteiger partial charge >= 0.3 is 0 Å². The van der Waals surface area contributed by atoms with Crippen LogP contribution in [0.15, 0.2) is 24.3 Å². The lowest BCUT2D eigenvalue weighted by Crippen LogP contribution is -2.47. The minimum Gasteiger partial charge on any atom is -0.494 e. The van der Waals surface area contributed by atoms with Gasteiger partial charge in [-0.3, -0.25) is 0 Å². The zero-order chi connectivity index (χ0) is 15.6. The van der Waals surface area contributed by atoms with E-state index in [1.54, 1.807) is 0 Å². The maximum absolute atomic E-state index is 9.49. The quantitative estimate of drug-likeness (QED) is 0.659. The van der Waals surface area contributed by atoms with Crippen molar-refractivity contribution in [1.82, 2.24) is 5.32 Å². The highest BCUT2D eigenvalue weighted by Gasteiger charge is 2.21. The molecule has 0 saturated carbocycles. The van der Waals surface area contributed by atoms with Crippen LogP contribution in [0, 0.1) is 0 Å². The van der Waals surface area contributed by atoms with E-state index in [0.29, 0.717) is 6.61 Å². The molecular weight excluding hydrogens is 266 g/mol. The Hall–Kier alpha value is -1.26. The Morgan fingerprint density at radius 3 is 2.05 bits per heavy atom. The fourth-order valence-corrected chi connectivity index (χ4v) is 1.90. The van der Waals surface area contributed by atoms with Crippen LogP contribution in [0.3, 0.4) is 0 Å². The first-order valence-electron chi connectivity index (χ1n) is 7.85. The molecule has 0 aliphatic heterocycles. The van der Waals surface area contributed by atoms with Crippen LogP contribution < -0.4 is 14.8 Å². The SMILES string of the molecule is CCCNC(C)(CO)CCOc1ccc(OCCC)cc1. The van der Waals surface area contributed by atoms with Gasteiger partial charge in [-0.2, -0.15) is 0 Å². The summed E-state index contributed by atoms with van der Waals surface area (Å²) >= 11 is 0. The zero-order valence-corrected chi connectivity index (χ0v) is 13.5. The third-order valence-electron chi connectivity index (χ3n) is 3.37. The second kappa shape index (κ2) is 9.64. The highest BCUT2D eigenvalue weighted by Crippen LogP contribution is 2.19. The van der Waals surface area contributed by atoms with Gasteiger partial charge in [-0.05, 0) is 50.6 Å². The van der Waals surface area contributed by atoms with Crippen LogP contribution in [0.1, 0.15) is 40.0 Å². The van der Waals surface area contributed by atoms with Crippen molar-refractivity contribution >= 4 is 0 Å². The van der Waals surface area contributed by atoms with Crippen LogP contribution in [0.25, 0.3) is 0 Å². The number of benzene rings is 1. The molecule has 0 radical (unpaired) electrons. The topological polar surface area (TPSA) is 50.7 Å². The number of rotatable bonds is 11. The molecule has 1 atom stereocenters. The van der Waals surface area contributed by atoms with Crippen molar-refractivity contribution in [3.63, 3.8) is 0 Å². The predicted molar refractivity (Wildman–Crippen MR) is 86.1 cm³/mol. The Labute approximate surface area is 128 Å². The van der Waals surface area contributed by atoms with Crippen LogP contribution in [-0.4, -0.2) is 37.0 Å². The van der Waals surface area contributed by atoms with Gasteiger partial charge < -0.3 is 19.9 Å². The summed E-state index contributed by atoms with van der Waals surface area (Å²) in [6.45, 7) is 8.54. The molecule has 120 valence electrons. The van der Waals surface area contributed by atoms with E-state index < -0.39 is 0 Å². The molecule has 1 aromatic carbocycles. The molecule has 0 spiro atoms. The number of ether oxygens (including phenoxy) is 2. The minimum atomic E-state index is -0.278. The average Bonchev–Trinajstić information content (AvgIpc) is 2.52. The van der Waals surface area contributed by atoms with Crippen LogP contribution in [0.2, 0.25) is 0 Å². The Balaban J connectivity index is 2.37. The first-order valence-corrected chi connectivity index (χ1v) is 7.85. The van der Waals surface area contributed by atoms with Crippen LogP contribution >= 0.6 is 0 Å². The average molecular weight is 295 g/mol. The molecule has 0 amide bonds. The normalized spacial score (nSPS) is 13.7. The lowest BCUT2D eigenvalue weighted by atomic mass is 9.99. The van der Waals surface area contributed by atoms with Crippen LogP contribution in [0.5, 0.6) is 11.5 Å². The Bertz CT molecular complexity index is 380. The Kier molecular flexibility index (Phi) is 8.16. The van der Waals surface area contributed by atoms with E-state index in [-0.39, 0.29) is 12.1 Å². The van der Waals surface area contributed by atoms with Gasteiger partial charge in [-0.15, -0.1) is 0 Å². The van der Waals surface area contributed by atoms with Gasteiger partial charge in [0.05, 0.1) is 19.8 Å². The molecule has 1 aromatic rings. The molecule has 0 aromatic heterocycles. The number of nitrogens with one attached hydrogen (secondary N) is 1. The number of hydrogen-bond acceptors (Lipinski definition) is 4. The first kappa shape index (κ1) is 17.8. The third kappa shape index (κ3) is 6.82. The summed E-state index contributed by atoms with van der Waals surface area (Å²) in [5, 5.41) is 12.9. The van der Waals surface area contributed by atoms with Gasteiger partial charge in [-0.1, -0.05) is 13.8 Å². The maximum Gasteiger partial charge on any atom is 0.119 e. The Morgan fingerprint density at radius 2 is 1.57 bits per heavy atom. The molecule has 4 heteroatoms. The molecular formula is C17H29NO3. The molecule has 21 heavy (non-hydrogen) atoms. The maximum atomic E-state index is 9.49. The molecule has 0 bridgehead atoms. The van der Waals surface area contributed by atoms with E-state index in [2.05, 4.69) is 19.2 Å². The molecule has 1 rings (SSSR count). The minimum absolute atomic E-state index is 0.111. The second-order valence-corrected chi connectivity index (χ2v) is 5.56. The first-order chi connectivity index (χ1) is 10.1. The molecule has 0 heterocycles. The lowest BCUT2D eigenvalue weighted by Gasteiger charge is -2.28. The molecule has 2 N–H and O–H groups in total. The van der Waals surface area contributed by atoms with E-state index in [0.717, 1.165) is 43.9 Å². The van der Waals surface area contributed by atoms with Crippen molar-refractivity contribution < 1.29 is 14.6 Å². The van der Waals surface area contributed by atoms with Gasteiger partial charge in [0.1, 0.15) is 11.5 Å². The molecule has 0 saturated heterocycles. The second-order valence-electron chi connectivity index (χ2n) is 5.56. The summed E-state index contributed by atoms with van der Waals surface area (Å²) in [6.07, 6.45) is 2.82. The van der Waals surface area contributed by atoms with Crippen molar-refractivity contribution in [3.8, 4) is 11.5 Å². The highest BCUT2D eigenvalue weighted by molar-refractivity contribution is 5.31. The van der Waals surface area contributed by atoms with Gasteiger partial charge in [0.2, 0.25) is 0 Å². The summed E-state index contributed by atoms with van der Waals surface area (Å²) in [5.41, 5.74) is -0.278. The smallest absolute Gasteiger partial charge is 0.119 e. The molecule has 0 aliphatic rings. The summed E-state index contributed by atoms with van der Waals surface area (Å²) in [7, 11) is 0. The van der Waals surface area contributed by atoms with Crippen molar-refractivity contribution in [2.45, 2.75) is 45.6 Å². The van der Waals surface area contributed by atoms with E-state index >= 15 is 0 Å². The highest BCUT2D eigenvalue weighted by atomic mass is 16.5. The summed E-state index contributed by atoms with van der Waals surface area (Å²) in [4.78, 5) is 0. The number of hydrogen-bond donors (Lipinski definition) is 2. The lowest BCUT2D eigenvalue weighted by molar-refractivity contribution is 0.144. The molecule has 1 unspecified atom stereocenters. The largest absolute Gasteiger partial charge is 0.494 e. The summed E-state index contributed by atoms with van der Waals surface area (Å²) in [5.74, 6) is 1.70. The Morgan fingerprint density at radius 1 is 1.00 bits per heavy atom. The molecule has 0 fully saturated rings.